The number of nitrogens with zero attached hydrogens (tertiary/aromatic N) is 2. The van der Waals surface area contributed by atoms with Gasteiger partial charge in [-0.2, -0.15) is 0 Å². The Morgan fingerprint density at radius 3 is 2.86 bits per heavy atom. The van der Waals surface area contributed by atoms with Gasteiger partial charge in [-0.05, 0) is 19.1 Å². The van der Waals surface area contributed by atoms with Gasteiger partial charge in [0.2, 0.25) is 0 Å². The smallest absolute Gasteiger partial charge is 0.323 e. The van der Waals surface area contributed by atoms with Crippen LogP contribution in [0.4, 0.5) is 30.8 Å². The molecule has 1 aliphatic heterocycles. The predicted molar refractivity (Wildman–Crippen MR) is 108 cm³/mol. The third kappa shape index (κ3) is 4.10. The number of carbonyl (C=O) groups excluding carboxylic acids is 1. The number of aromatic amines is 1. The van der Waals surface area contributed by atoms with Crippen LogP contribution >= 0.6 is 11.6 Å². The summed E-state index contributed by atoms with van der Waals surface area (Å²) in [6, 6.07) is 3.09. The molecular weight excluding hydrogens is 404 g/mol. The largest absolute Gasteiger partial charge is 0.375 e. The van der Waals surface area contributed by atoms with E-state index >= 15 is 0 Å². The summed E-state index contributed by atoms with van der Waals surface area (Å²) < 4.78 is 32.3. The molecule has 1 fully saturated rings. The molecular formula is C19H18ClF2N5O2. The summed E-state index contributed by atoms with van der Waals surface area (Å²) >= 11 is 6.35. The topological polar surface area (TPSA) is 82.3 Å². The molecule has 1 aromatic carbocycles. The Morgan fingerprint density at radius 1 is 1.31 bits per heavy atom. The molecule has 0 bridgehead atoms. The number of hydrogen-bond donors (Lipinski definition) is 3. The molecule has 152 valence electrons. The minimum atomic E-state index is -0.996. The number of morpholine rings is 1. The molecule has 1 saturated heterocycles. The molecule has 1 aliphatic rings. The van der Waals surface area contributed by atoms with Gasteiger partial charge in [0.1, 0.15) is 5.82 Å². The fourth-order valence-corrected chi connectivity index (χ4v) is 3.53. The number of nitrogens with one attached hydrogen (secondary N) is 3. The Labute approximate surface area is 170 Å². The lowest BCUT2D eigenvalue weighted by molar-refractivity contribution is 0.0529. The number of hydrogen-bond acceptors (Lipinski definition) is 4. The first-order valence-electron chi connectivity index (χ1n) is 8.97. The van der Waals surface area contributed by atoms with Crippen LogP contribution in [0.25, 0.3) is 10.9 Å². The number of rotatable bonds is 3. The molecule has 0 aliphatic carbocycles. The fourth-order valence-electron chi connectivity index (χ4n) is 3.25. The van der Waals surface area contributed by atoms with Gasteiger partial charge < -0.3 is 25.3 Å². The van der Waals surface area contributed by atoms with Crippen molar-refractivity contribution in [1.29, 1.82) is 0 Å². The summed E-state index contributed by atoms with van der Waals surface area (Å²) in [6.07, 6.45) is 3.04. The Kier molecular flexibility index (Phi) is 5.25. The van der Waals surface area contributed by atoms with Gasteiger partial charge in [-0.15, -0.1) is 0 Å². The van der Waals surface area contributed by atoms with Crippen LogP contribution in [0, 0.1) is 11.6 Å². The lowest BCUT2D eigenvalue weighted by Crippen LogP contribution is -2.41. The number of pyridine rings is 1. The molecule has 3 aromatic rings. The van der Waals surface area contributed by atoms with Crippen LogP contribution in [0.3, 0.4) is 0 Å². The van der Waals surface area contributed by atoms with Crippen molar-refractivity contribution < 1.29 is 18.3 Å². The van der Waals surface area contributed by atoms with E-state index in [0.29, 0.717) is 52.8 Å². The Hall–Kier alpha value is -2.91. The number of urea groups is 1. The molecule has 0 saturated carbocycles. The van der Waals surface area contributed by atoms with E-state index < -0.39 is 17.7 Å². The van der Waals surface area contributed by atoms with E-state index in [2.05, 4.69) is 20.6 Å². The second-order valence-electron chi connectivity index (χ2n) is 6.75. The molecule has 0 spiro atoms. The normalized spacial score (nSPS) is 16.8. The van der Waals surface area contributed by atoms with Crippen molar-refractivity contribution in [1.82, 2.24) is 9.97 Å². The van der Waals surface area contributed by atoms with E-state index in [1.807, 2.05) is 11.8 Å². The Balaban J connectivity index is 1.46. The highest BCUT2D eigenvalue weighted by Crippen LogP contribution is 2.28. The minimum Gasteiger partial charge on any atom is -0.375 e. The third-order valence-corrected chi connectivity index (χ3v) is 4.87. The van der Waals surface area contributed by atoms with Crippen LogP contribution in [0.2, 0.25) is 5.02 Å². The highest BCUT2D eigenvalue weighted by molar-refractivity contribution is 6.33. The maximum atomic E-state index is 13.5. The maximum absolute atomic E-state index is 13.5. The number of H-pyrrole nitrogens is 1. The molecule has 0 unspecified atom stereocenters. The number of fused-ring (bicyclic) bond motifs is 1. The van der Waals surface area contributed by atoms with Gasteiger partial charge in [0.05, 0.1) is 40.8 Å². The molecule has 1 atom stereocenters. The van der Waals surface area contributed by atoms with Gasteiger partial charge in [0.25, 0.3) is 0 Å². The third-order valence-electron chi connectivity index (χ3n) is 4.59. The van der Waals surface area contributed by atoms with Crippen LogP contribution < -0.4 is 15.5 Å². The highest BCUT2D eigenvalue weighted by Gasteiger charge is 2.20. The number of ether oxygens (including phenoxy) is 1. The molecule has 2 aromatic heterocycles. The number of benzene rings is 1. The number of aromatic nitrogens is 2. The Bertz CT molecular complexity index is 1070. The van der Waals surface area contributed by atoms with Gasteiger partial charge in [0, 0.05) is 30.7 Å². The van der Waals surface area contributed by atoms with Crippen LogP contribution in [-0.4, -0.2) is 41.8 Å². The van der Waals surface area contributed by atoms with Gasteiger partial charge in [-0.3, -0.25) is 0 Å². The summed E-state index contributed by atoms with van der Waals surface area (Å²) in [5.41, 5.74) is 1.08. The molecule has 29 heavy (non-hydrogen) atoms. The first kappa shape index (κ1) is 19.4. The van der Waals surface area contributed by atoms with Crippen LogP contribution in [0.15, 0.2) is 30.6 Å². The molecule has 0 radical (unpaired) electrons. The van der Waals surface area contributed by atoms with Crippen molar-refractivity contribution in [3.63, 3.8) is 0 Å². The number of anilines is 3. The molecule has 3 N–H and O–H groups in total. The maximum Gasteiger partial charge on any atom is 0.323 e. The minimum absolute atomic E-state index is 0.0830. The quantitative estimate of drug-likeness (QED) is 0.586. The first-order valence-corrected chi connectivity index (χ1v) is 9.34. The summed E-state index contributed by atoms with van der Waals surface area (Å²) in [5.74, 6) is -1.34. The molecule has 3 heterocycles. The molecule has 7 nitrogen and oxygen atoms in total. The summed E-state index contributed by atoms with van der Waals surface area (Å²) in [7, 11) is 0. The van der Waals surface area contributed by atoms with E-state index in [4.69, 9.17) is 16.3 Å². The lowest BCUT2D eigenvalue weighted by atomic mass is 10.2. The highest BCUT2D eigenvalue weighted by atomic mass is 35.5. The van der Waals surface area contributed by atoms with Gasteiger partial charge in [-0.1, -0.05) is 11.6 Å². The van der Waals surface area contributed by atoms with E-state index in [0.717, 1.165) is 12.1 Å². The van der Waals surface area contributed by atoms with Crippen molar-refractivity contribution in [2.75, 3.05) is 35.2 Å². The van der Waals surface area contributed by atoms with Crippen molar-refractivity contribution >= 4 is 45.7 Å². The predicted octanol–water partition coefficient (Wildman–Crippen LogP) is 4.36. The Morgan fingerprint density at radius 2 is 2.10 bits per heavy atom. The average Bonchev–Trinajstić information content (AvgIpc) is 3.03. The standard InChI is InChI=1S/C19H18ClF2N5O2/c1-10-9-27(2-3-29-10)18-13(20)4-11(7-24-18)25-19(28)26-17-8-23-16-6-15(22)14(21)5-12(16)17/h4-8,10,23H,2-3,9H2,1H3,(H2,25,26,28)/t10-/m0/s1. The molecule has 10 heteroatoms. The number of amides is 2. The lowest BCUT2D eigenvalue weighted by Gasteiger charge is -2.32. The number of halogens is 3. The summed E-state index contributed by atoms with van der Waals surface area (Å²) in [5, 5.41) is 5.98. The van der Waals surface area contributed by atoms with Gasteiger partial charge >= 0.3 is 6.03 Å². The van der Waals surface area contributed by atoms with Crippen molar-refractivity contribution in [3.05, 3.63) is 47.2 Å². The number of carbonyl (C=O) groups is 1. The van der Waals surface area contributed by atoms with Crippen molar-refractivity contribution in [3.8, 4) is 0 Å². The zero-order chi connectivity index (χ0) is 20.5. The van der Waals surface area contributed by atoms with E-state index in [1.54, 1.807) is 6.07 Å². The monoisotopic (exact) mass is 421 g/mol. The zero-order valence-electron chi connectivity index (χ0n) is 15.4. The van der Waals surface area contributed by atoms with Gasteiger partial charge in [0.15, 0.2) is 11.6 Å². The van der Waals surface area contributed by atoms with Gasteiger partial charge in [-0.25, -0.2) is 18.6 Å². The van der Waals surface area contributed by atoms with Crippen LogP contribution in [0.1, 0.15) is 6.92 Å². The molecule has 4 rings (SSSR count). The van der Waals surface area contributed by atoms with Crippen LogP contribution in [-0.2, 0) is 4.74 Å². The van der Waals surface area contributed by atoms with E-state index in [-0.39, 0.29) is 6.10 Å². The first-order chi connectivity index (χ1) is 13.9. The van der Waals surface area contributed by atoms with Crippen molar-refractivity contribution in [2.24, 2.45) is 0 Å². The van der Waals surface area contributed by atoms with Crippen molar-refractivity contribution in [2.45, 2.75) is 13.0 Å². The van der Waals surface area contributed by atoms with Crippen LogP contribution in [0.5, 0.6) is 0 Å². The van der Waals surface area contributed by atoms with E-state index in [9.17, 15) is 13.6 Å². The summed E-state index contributed by atoms with van der Waals surface area (Å²) in [4.78, 5) is 21.5. The fraction of sp³-hybridized carbons (Fsp3) is 0.263. The SMILES string of the molecule is C[C@H]1CN(c2ncc(NC(=O)Nc3c[nH]c4cc(F)c(F)cc34)cc2Cl)CCO1. The van der Waals surface area contributed by atoms with E-state index in [1.165, 1.54) is 12.4 Å². The zero-order valence-corrected chi connectivity index (χ0v) is 16.2. The average molecular weight is 422 g/mol. The summed E-state index contributed by atoms with van der Waals surface area (Å²) in [6.45, 7) is 3.93. The molecule has 2 amide bonds. The second-order valence-corrected chi connectivity index (χ2v) is 7.16. The second kappa shape index (κ2) is 7.84.